The van der Waals surface area contributed by atoms with E-state index in [0.717, 1.165) is 24.0 Å². The highest BCUT2D eigenvalue weighted by atomic mass is 16.5. The maximum Gasteiger partial charge on any atom is 0.227 e. The summed E-state index contributed by atoms with van der Waals surface area (Å²) in [7, 11) is 0. The number of aromatic nitrogens is 4. The van der Waals surface area contributed by atoms with E-state index in [9.17, 15) is 4.79 Å². The van der Waals surface area contributed by atoms with Crippen LogP contribution in [0.15, 0.2) is 47.4 Å². The number of hydrogen-bond acceptors (Lipinski definition) is 7. The van der Waals surface area contributed by atoms with Crippen LogP contribution in [0.5, 0.6) is 5.88 Å². The summed E-state index contributed by atoms with van der Waals surface area (Å²) >= 11 is 0. The van der Waals surface area contributed by atoms with Crippen molar-refractivity contribution in [1.29, 1.82) is 0 Å². The van der Waals surface area contributed by atoms with E-state index in [2.05, 4.69) is 25.4 Å². The van der Waals surface area contributed by atoms with E-state index in [1.54, 1.807) is 18.6 Å². The third-order valence-corrected chi connectivity index (χ3v) is 4.86. The molecule has 0 bridgehead atoms. The number of aryl methyl sites for hydroxylation is 1. The Morgan fingerprint density at radius 2 is 2.07 bits per heavy atom. The van der Waals surface area contributed by atoms with Crippen molar-refractivity contribution >= 4 is 5.91 Å². The van der Waals surface area contributed by atoms with Crippen molar-refractivity contribution in [2.75, 3.05) is 0 Å². The topological polar surface area (TPSA) is 103 Å². The first-order valence-corrected chi connectivity index (χ1v) is 9.88. The average Bonchev–Trinajstić information content (AvgIpc) is 3.44. The van der Waals surface area contributed by atoms with Gasteiger partial charge in [0.2, 0.25) is 23.5 Å². The summed E-state index contributed by atoms with van der Waals surface area (Å²) in [6.45, 7) is 0.374. The Bertz CT molecular complexity index is 938. The normalized spacial score (nSPS) is 14.1. The molecule has 1 fully saturated rings. The molecule has 0 spiro atoms. The Morgan fingerprint density at radius 3 is 2.90 bits per heavy atom. The van der Waals surface area contributed by atoms with E-state index < -0.39 is 0 Å². The van der Waals surface area contributed by atoms with Gasteiger partial charge in [-0.25, -0.2) is 4.98 Å². The number of carbonyl (C=O) groups excluding carboxylic acids is 1. The fourth-order valence-corrected chi connectivity index (χ4v) is 3.30. The van der Waals surface area contributed by atoms with Crippen LogP contribution >= 0.6 is 0 Å². The van der Waals surface area contributed by atoms with Crippen LogP contribution < -0.4 is 10.1 Å². The SMILES string of the molecule is O=C(CCc1nc(-c2cccnc2)no1)NCc1cccnc1OC1CCCC1. The molecule has 0 aromatic carbocycles. The van der Waals surface area contributed by atoms with Crippen LogP contribution in [0.4, 0.5) is 0 Å². The average molecular weight is 393 g/mol. The maximum atomic E-state index is 12.3. The summed E-state index contributed by atoms with van der Waals surface area (Å²) in [6, 6.07) is 7.44. The molecule has 0 atom stereocenters. The number of nitrogens with one attached hydrogen (secondary N) is 1. The zero-order chi connectivity index (χ0) is 19.9. The number of pyridine rings is 2. The number of rotatable bonds is 8. The molecule has 3 aromatic heterocycles. The largest absolute Gasteiger partial charge is 0.474 e. The molecule has 0 aliphatic heterocycles. The summed E-state index contributed by atoms with van der Waals surface area (Å²) in [5.41, 5.74) is 1.66. The lowest BCUT2D eigenvalue weighted by molar-refractivity contribution is -0.121. The summed E-state index contributed by atoms with van der Waals surface area (Å²) < 4.78 is 11.2. The number of amides is 1. The fraction of sp³-hybridized carbons (Fsp3) is 0.381. The smallest absolute Gasteiger partial charge is 0.227 e. The fourth-order valence-electron chi connectivity index (χ4n) is 3.30. The first kappa shape index (κ1) is 19.0. The molecule has 1 saturated carbocycles. The zero-order valence-corrected chi connectivity index (χ0v) is 16.1. The van der Waals surface area contributed by atoms with E-state index in [4.69, 9.17) is 9.26 Å². The molecule has 1 aliphatic rings. The van der Waals surface area contributed by atoms with Crippen LogP contribution in [-0.2, 0) is 17.8 Å². The van der Waals surface area contributed by atoms with Crippen molar-refractivity contribution in [3.05, 3.63) is 54.3 Å². The van der Waals surface area contributed by atoms with Gasteiger partial charge >= 0.3 is 0 Å². The highest BCUT2D eigenvalue weighted by molar-refractivity contribution is 5.76. The number of hydrogen-bond donors (Lipinski definition) is 1. The highest BCUT2D eigenvalue weighted by Gasteiger charge is 2.19. The van der Waals surface area contributed by atoms with Crippen LogP contribution in [0.2, 0.25) is 0 Å². The van der Waals surface area contributed by atoms with Crippen LogP contribution in [0.3, 0.4) is 0 Å². The molecular formula is C21H23N5O3. The van der Waals surface area contributed by atoms with Gasteiger partial charge in [-0.1, -0.05) is 11.2 Å². The molecule has 1 aliphatic carbocycles. The molecule has 8 heteroatoms. The number of carbonyl (C=O) groups is 1. The minimum absolute atomic E-state index is 0.0956. The second-order valence-corrected chi connectivity index (χ2v) is 7.02. The number of ether oxygens (including phenoxy) is 1. The Balaban J connectivity index is 1.27. The summed E-state index contributed by atoms with van der Waals surface area (Å²) in [4.78, 5) is 24.9. The highest BCUT2D eigenvalue weighted by Crippen LogP contribution is 2.25. The van der Waals surface area contributed by atoms with E-state index in [0.29, 0.717) is 30.6 Å². The van der Waals surface area contributed by atoms with Crippen LogP contribution in [0, 0.1) is 0 Å². The van der Waals surface area contributed by atoms with Crippen LogP contribution in [-0.4, -0.2) is 32.1 Å². The molecule has 4 rings (SSSR count). The van der Waals surface area contributed by atoms with Gasteiger partial charge in [-0.15, -0.1) is 0 Å². The summed E-state index contributed by atoms with van der Waals surface area (Å²) in [5.74, 6) is 1.41. The van der Waals surface area contributed by atoms with Crippen molar-refractivity contribution in [2.24, 2.45) is 0 Å². The molecule has 3 aromatic rings. The Labute approximate surface area is 168 Å². The molecule has 0 unspecified atom stereocenters. The van der Waals surface area contributed by atoms with Gasteiger partial charge in [0.1, 0.15) is 6.10 Å². The molecule has 8 nitrogen and oxygen atoms in total. The first-order chi connectivity index (χ1) is 14.3. The molecule has 1 N–H and O–H groups in total. The van der Waals surface area contributed by atoms with E-state index in [-0.39, 0.29) is 18.4 Å². The van der Waals surface area contributed by atoms with Gasteiger partial charge < -0.3 is 14.6 Å². The lowest BCUT2D eigenvalue weighted by atomic mass is 10.2. The minimum Gasteiger partial charge on any atom is -0.474 e. The molecule has 150 valence electrons. The third kappa shape index (κ3) is 5.16. The van der Waals surface area contributed by atoms with Gasteiger partial charge in [0.25, 0.3) is 0 Å². The van der Waals surface area contributed by atoms with Crippen molar-refractivity contribution in [2.45, 2.75) is 51.2 Å². The monoisotopic (exact) mass is 393 g/mol. The van der Waals surface area contributed by atoms with Crippen molar-refractivity contribution in [1.82, 2.24) is 25.4 Å². The Kier molecular flexibility index (Phi) is 6.09. The second kappa shape index (κ2) is 9.27. The maximum absolute atomic E-state index is 12.3. The van der Waals surface area contributed by atoms with Crippen molar-refractivity contribution in [3.8, 4) is 17.3 Å². The van der Waals surface area contributed by atoms with Gasteiger partial charge in [0.15, 0.2) is 0 Å². The zero-order valence-electron chi connectivity index (χ0n) is 16.1. The summed E-state index contributed by atoms with van der Waals surface area (Å²) in [5, 5.41) is 6.85. The van der Waals surface area contributed by atoms with Crippen molar-refractivity contribution < 1.29 is 14.1 Å². The van der Waals surface area contributed by atoms with E-state index in [1.165, 1.54) is 12.8 Å². The number of nitrogens with zero attached hydrogens (tertiary/aromatic N) is 4. The molecule has 0 saturated heterocycles. The van der Waals surface area contributed by atoms with Gasteiger partial charge in [0, 0.05) is 49.1 Å². The first-order valence-electron chi connectivity index (χ1n) is 9.88. The van der Waals surface area contributed by atoms with Gasteiger partial charge in [0.05, 0.1) is 0 Å². The van der Waals surface area contributed by atoms with E-state index >= 15 is 0 Å². The third-order valence-electron chi connectivity index (χ3n) is 4.86. The predicted molar refractivity (Wildman–Crippen MR) is 105 cm³/mol. The minimum atomic E-state index is -0.0956. The molecule has 1 amide bonds. The van der Waals surface area contributed by atoms with Crippen LogP contribution in [0.1, 0.15) is 43.6 Å². The lowest BCUT2D eigenvalue weighted by Crippen LogP contribution is -2.24. The molecule has 0 radical (unpaired) electrons. The molecule has 29 heavy (non-hydrogen) atoms. The van der Waals surface area contributed by atoms with Gasteiger partial charge in [-0.3, -0.25) is 9.78 Å². The predicted octanol–water partition coefficient (Wildman–Crippen LogP) is 3.10. The van der Waals surface area contributed by atoms with Gasteiger partial charge in [-0.05, 0) is 43.9 Å². The van der Waals surface area contributed by atoms with Crippen molar-refractivity contribution in [3.63, 3.8) is 0 Å². The second-order valence-electron chi connectivity index (χ2n) is 7.02. The molecular weight excluding hydrogens is 370 g/mol. The van der Waals surface area contributed by atoms with Crippen LogP contribution in [0.25, 0.3) is 11.4 Å². The van der Waals surface area contributed by atoms with E-state index in [1.807, 2.05) is 24.3 Å². The Morgan fingerprint density at radius 1 is 1.21 bits per heavy atom. The Hall–Kier alpha value is -3.29. The van der Waals surface area contributed by atoms with Gasteiger partial charge in [-0.2, -0.15) is 4.98 Å². The standard InChI is InChI=1S/C21H23N5O3/c27-18(9-10-19-25-20(26-29-19)15-5-3-11-22-13-15)24-14-16-6-4-12-23-21(16)28-17-7-1-2-8-17/h3-6,11-13,17H,1-2,7-10,14H2,(H,24,27). The lowest BCUT2D eigenvalue weighted by Gasteiger charge is -2.15. The molecule has 3 heterocycles. The summed E-state index contributed by atoms with van der Waals surface area (Å²) in [6.07, 6.45) is 10.4. The quantitative estimate of drug-likeness (QED) is 0.627.